The monoisotopic (exact) mass is 267 g/mol. The summed E-state index contributed by atoms with van der Waals surface area (Å²) in [5.74, 6) is 0.977. The number of nitrogens with one attached hydrogen (secondary N) is 1. The van der Waals surface area contributed by atoms with Crippen molar-refractivity contribution in [2.75, 3.05) is 13.2 Å². The molecule has 5 heteroatoms. The lowest BCUT2D eigenvalue weighted by Gasteiger charge is -2.13. The number of halogens is 1. The molecule has 0 radical (unpaired) electrons. The first-order chi connectivity index (χ1) is 8.63. The summed E-state index contributed by atoms with van der Waals surface area (Å²) in [4.78, 5) is 4.61. The van der Waals surface area contributed by atoms with E-state index < -0.39 is 0 Å². The van der Waals surface area contributed by atoms with Gasteiger partial charge in [-0.1, -0.05) is 11.6 Å². The number of aliphatic hydroxyl groups excluding tert-OH is 1. The van der Waals surface area contributed by atoms with Crippen LogP contribution < -0.4 is 5.32 Å². The van der Waals surface area contributed by atoms with E-state index in [-0.39, 0.29) is 12.6 Å². The van der Waals surface area contributed by atoms with Crippen LogP contribution in [0.4, 0.5) is 0 Å². The number of benzene rings is 1. The van der Waals surface area contributed by atoms with Gasteiger partial charge in [0.05, 0.1) is 17.1 Å². The first-order valence-electron chi connectivity index (χ1n) is 6.09. The van der Waals surface area contributed by atoms with E-state index in [0.717, 1.165) is 34.8 Å². The van der Waals surface area contributed by atoms with Crippen LogP contribution in [0.15, 0.2) is 18.2 Å². The second-order valence-electron chi connectivity index (χ2n) is 4.42. The lowest BCUT2D eigenvalue weighted by atomic mass is 10.3. The summed E-state index contributed by atoms with van der Waals surface area (Å²) in [5, 5.41) is 12.8. The minimum Gasteiger partial charge on any atom is -0.396 e. The Morgan fingerprint density at radius 2 is 2.28 bits per heavy atom. The number of aryl methyl sites for hydroxylation is 1. The number of nitrogens with zero attached hydrogens (tertiary/aromatic N) is 2. The van der Waals surface area contributed by atoms with Crippen LogP contribution in [-0.2, 0) is 7.05 Å². The fourth-order valence-corrected chi connectivity index (χ4v) is 2.22. The van der Waals surface area contributed by atoms with Gasteiger partial charge in [0, 0.05) is 18.7 Å². The van der Waals surface area contributed by atoms with Crippen LogP contribution in [0.3, 0.4) is 0 Å². The average molecular weight is 268 g/mol. The molecule has 2 aromatic rings. The van der Waals surface area contributed by atoms with Crippen LogP contribution >= 0.6 is 11.6 Å². The van der Waals surface area contributed by atoms with Gasteiger partial charge in [-0.15, -0.1) is 0 Å². The lowest BCUT2D eigenvalue weighted by molar-refractivity contribution is 0.283. The van der Waals surface area contributed by atoms with Crippen molar-refractivity contribution in [1.82, 2.24) is 14.9 Å². The minimum atomic E-state index is 0.146. The molecule has 1 unspecified atom stereocenters. The van der Waals surface area contributed by atoms with Gasteiger partial charge in [-0.25, -0.2) is 4.98 Å². The third kappa shape index (κ3) is 2.66. The molecule has 98 valence electrons. The highest BCUT2D eigenvalue weighted by molar-refractivity contribution is 6.31. The molecular formula is C13H18ClN3O. The van der Waals surface area contributed by atoms with Gasteiger partial charge in [0.25, 0.3) is 0 Å². The van der Waals surface area contributed by atoms with Gasteiger partial charge in [0.1, 0.15) is 5.82 Å². The molecule has 0 aliphatic heterocycles. The van der Waals surface area contributed by atoms with Gasteiger partial charge >= 0.3 is 0 Å². The van der Waals surface area contributed by atoms with Crippen molar-refractivity contribution in [3.63, 3.8) is 0 Å². The topological polar surface area (TPSA) is 50.1 Å². The Kier molecular flexibility index (Phi) is 4.22. The third-order valence-electron chi connectivity index (χ3n) is 3.05. The molecule has 4 nitrogen and oxygen atoms in total. The zero-order valence-electron chi connectivity index (χ0n) is 10.7. The van der Waals surface area contributed by atoms with Crippen molar-refractivity contribution in [3.8, 4) is 0 Å². The zero-order valence-corrected chi connectivity index (χ0v) is 11.4. The molecule has 0 saturated heterocycles. The highest BCUT2D eigenvalue weighted by Crippen LogP contribution is 2.22. The van der Waals surface area contributed by atoms with Crippen LogP contribution in [0.2, 0.25) is 5.02 Å². The van der Waals surface area contributed by atoms with Crippen molar-refractivity contribution in [3.05, 3.63) is 29.0 Å². The summed E-state index contributed by atoms with van der Waals surface area (Å²) in [6.07, 6.45) is 0.750. The van der Waals surface area contributed by atoms with Crippen LogP contribution in [0.1, 0.15) is 25.2 Å². The van der Waals surface area contributed by atoms with E-state index >= 15 is 0 Å². The van der Waals surface area contributed by atoms with Gasteiger partial charge in [-0.3, -0.25) is 0 Å². The molecule has 0 aliphatic carbocycles. The lowest BCUT2D eigenvalue weighted by Crippen LogP contribution is -2.23. The molecule has 2 N–H and O–H groups in total. The zero-order chi connectivity index (χ0) is 13.1. The van der Waals surface area contributed by atoms with Crippen molar-refractivity contribution in [2.45, 2.75) is 19.4 Å². The Morgan fingerprint density at radius 3 is 3.00 bits per heavy atom. The predicted octanol–water partition coefficient (Wildman–Crippen LogP) is 2.26. The van der Waals surface area contributed by atoms with Crippen LogP contribution in [0.5, 0.6) is 0 Å². The van der Waals surface area contributed by atoms with Crippen molar-refractivity contribution < 1.29 is 5.11 Å². The van der Waals surface area contributed by atoms with Gasteiger partial charge < -0.3 is 15.0 Å². The summed E-state index contributed by atoms with van der Waals surface area (Å²) in [6, 6.07) is 5.85. The molecule has 0 bridgehead atoms. The van der Waals surface area contributed by atoms with E-state index in [1.807, 2.05) is 25.2 Å². The highest BCUT2D eigenvalue weighted by atomic mass is 35.5. The standard InChI is InChI=1S/C13H18ClN3O/c1-9(15-6-3-7-18)13-16-11-5-4-10(14)8-12(11)17(13)2/h4-5,8-9,15,18H,3,6-7H2,1-2H3. The number of rotatable bonds is 5. The maximum Gasteiger partial charge on any atom is 0.126 e. The molecule has 18 heavy (non-hydrogen) atoms. The molecule has 0 aliphatic rings. The minimum absolute atomic E-state index is 0.146. The Morgan fingerprint density at radius 1 is 1.50 bits per heavy atom. The molecule has 1 atom stereocenters. The first kappa shape index (κ1) is 13.3. The summed E-state index contributed by atoms with van der Waals surface area (Å²) >= 11 is 6.00. The van der Waals surface area contributed by atoms with E-state index in [9.17, 15) is 0 Å². The molecule has 1 aromatic carbocycles. The molecule has 0 spiro atoms. The average Bonchev–Trinajstić information content (AvgIpc) is 2.67. The van der Waals surface area contributed by atoms with E-state index in [0.29, 0.717) is 0 Å². The van der Waals surface area contributed by atoms with E-state index in [4.69, 9.17) is 16.7 Å². The number of imidazole rings is 1. The largest absolute Gasteiger partial charge is 0.396 e. The van der Waals surface area contributed by atoms with Crippen molar-refractivity contribution in [2.24, 2.45) is 7.05 Å². The van der Waals surface area contributed by atoms with Crippen LogP contribution in [-0.4, -0.2) is 27.8 Å². The number of hydrogen-bond donors (Lipinski definition) is 2. The molecule has 0 fully saturated rings. The summed E-state index contributed by atoms with van der Waals surface area (Å²) < 4.78 is 2.05. The normalized spacial score (nSPS) is 13.1. The van der Waals surface area contributed by atoms with Crippen molar-refractivity contribution >= 4 is 22.6 Å². The van der Waals surface area contributed by atoms with E-state index in [1.54, 1.807) is 0 Å². The number of hydrogen-bond acceptors (Lipinski definition) is 3. The smallest absolute Gasteiger partial charge is 0.126 e. The molecular weight excluding hydrogens is 250 g/mol. The Balaban J connectivity index is 2.25. The highest BCUT2D eigenvalue weighted by Gasteiger charge is 2.13. The first-order valence-corrected chi connectivity index (χ1v) is 6.47. The van der Waals surface area contributed by atoms with E-state index in [1.165, 1.54) is 0 Å². The quantitative estimate of drug-likeness (QED) is 0.817. The van der Waals surface area contributed by atoms with Crippen molar-refractivity contribution in [1.29, 1.82) is 0 Å². The van der Waals surface area contributed by atoms with Crippen LogP contribution in [0, 0.1) is 0 Å². The van der Waals surface area contributed by atoms with Gasteiger partial charge in [0.15, 0.2) is 0 Å². The maximum absolute atomic E-state index is 8.77. The second-order valence-corrected chi connectivity index (χ2v) is 4.85. The summed E-state index contributed by atoms with van der Waals surface area (Å²) in [6.45, 7) is 3.06. The Bertz CT molecular complexity index is 538. The predicted molar refractivity (Wildman–Crippen MR) is 73.8 cm³/mol. The second kappa shape index (κ2) is 5.69. The van der Waals surface area contributed by atoms with Crippen LogP contribution in [0.25, 0.3) is 11.0 Å². The fourth-order valence-electron chi connectivity index (χ4n) is 2.06. The Labute approximate surface area is 112 Å². The number of aliphatic hydroxyl groups is 1. The molecule has 1 aromatic heterocycles. The number of fused-ring (bicyclic) bond motifs is 1. The SMILES string of the molecule is CC(NCCCO)c1nc2ccc(Cl)cc2n1C. The van der Waals surface area contributed by atoms with Gasteiger partial charge in [-0.05, 0) is 38.1 Å². The summed E-state index contributed by atoms with van der Waals surface area (Å²) in [7, 11) is 1.99. The van der Waals surface area contributed by atoms with Gasteiger partial charge in [0.2, 0.25) is 0 Å². The van der Waals surface area contributed by atoms with Gasteiger partial charge in [-0.2, -0.15) is 0 Å². The Hall–Kier alpha value is -1.10. The van der Waals surface area contributed by atoms with E-state index in [2.05, 4.69) is 21.8 Å². The fraction of sp³-hybridized carbons (Fsp3) is 0.462. The number of aromatic nitrogens is 2. The molecule has 0 saturated carbocycles. The maximum atomic E-state index is 8.77. The summed E-state index contributed by atoms with van der Waals surface area (Å²) in [5.41, 5.74) is 1.99. The third-order valence-corrected chi connectivity index (χ3v) is 3.29. The molecule has 2 rings (SSSR count). The molecule has 1 heterocycles. The molecule has 0 amide bonds.